The largest absolute Gasteiger partial charge is 0.330 e. The van der Waals surface area contributed by atoms with E-state index in [0.717, 1.165) is 24.0 Å². The Labute approximate surface area is 215 Å². The van der Waals surface area contributed by atoms with E-state index in [-0.39, 0.29) is 30.4 Å². The number of thiophene rings is 1. The third-order valence-corrected chi connectivity index (χ3v) is 7.90. The van der Waals surface area contributed by atoms with Gasteiger partial charge in [0, 0.05) is 33.1 Å². The average Bonchev–Trinajstić information content (AvgIpc) is 3.30. The normalized spacial score (nSPS) is 15.4. The molecule has 1 aliphatic heterocycles. The summed E-state index contributed by atoms with van der Waals surface area (Å²) in [5, 5.41) is 3.14. The van der Waals surface area contributed by atoms with Crippen LogP contribution in [0.25, 0.3) is 0 Å². The van der Waals surface area contributed by atoms with Crippen molar-refractivity contribution in [3.05, 3.63) is 91.1 Å². The molecule has 1 aromatic heterocycles. The van der Waals surface area contributed by atoms with Crippen LogP contribution in [-0.4, -0.2) is 40.7 Å². The predicted octanol–water partition coefficient (Wildman–Crippen LogP) is 6.64. The molecule has 0 radical (unpaired) electrons. The molecule has 34 heavy (non-hydrogen) atoms. The molecular formula is C27H28Cl2N2O2S. The highest BCUT2D eigenvalue weighted by Gasteiger charge is 2.35. The molecular weight excluding hydrogens is 487 g/mol. The number of carbonyl (C=O) groups excluding carboxylic acids is 2. The number of fused-ring (bicyclic) bond motifs is 1. The van der Waals surface area contributed by atoms with Crippen LogP contribution in [0.2, 0.25) is 10.0 Å². The Balaban J connectivity index is 1.63. The highest BCUT2D eigenvalue weighted by Crippen LogP contribution is 2.41. The minimum atomic E-state index is -0.305. The zero-order valence-corrected chi connectivity index (χ0v) is 21.9. The molecule has 1 aliphatic rings. The molecule has 0 fully saturated rings. The Kier molecular flexibility index (Phi) is 7.66. The summed E-state index contributed by atoms with van der Waals surface area (Å²) in [5.41, 5.74) is 3.70. The summed E-state index contributed by atoms with van der Waals surface area (Å²) in [6.45, 7) is 6.53. The number of hydrogen-bond acceptors (Lipinski definition) is 3. The third kappa shape index (κ3) is 5.02. The Bertz CT molecular complexity index is 1190. The van der Waals surface area contributed by atoms with Crippen LogP contribution in [0.3, 0.4) is 0 Å². The van der Waals surface area contributed by atoms with Crippen LogP contribution in [0, 0.1) is 0 Å². The van der Waals surface area contributed by atoms with Gasteiger partial charge in [-0.1, -0.05) is 48.3 Å². The second-order valence-electron chi connectivity index (χ2n) is 8.78. The van der Waals surface area contributed by atoms with Gasteiger partial charge in [-0.3, -0.25) is 9.59 Å². The maximum absolute atomic E-state index is 13.7. The van der Waals surface area contributed by atoms with Crippen LogP contribution >= 0.6 is 34.5 Å². The molecule has 7 heteroatoms. The summed E-state index contributed by atoms with van der Waals surface area (Å²) in [5.74, 6) is -0.236. The Morgan fingerprint density at radius 2 is 1.82 bits per heavy atom. The van der Waals surface area contributed by atoms with E-state index in [9.17, 15) is 9.59 Å². The Morgan fingerprint density at radius 1 is 1.09 bits per heavy atom. The van der Waals surface area contributed by atoms with Gasteiger partial charge in [0.25, 0.3) is 5.91 Å². The molecule has 0 aliphatic carbocycles. The molecule has 1 atom stereocenters. The molecule has 0 saturated carbocycles. The van der Waals surface area contributed by atoms with Crippen molar-refractivity contribution in [1.82, 2.24) is 9.80 Å². The zero-order valence-electron chi connectivity index (χ0n) is 19.6. The van der Waals surface area contributed by atoms with Gasteiger partial charge in [0.2, 0.25) is 5.91 Å². The summed E-state index contributed by atoms with van der Waals surface area (Å²) >= 11 is 14.4. The van der Waals surface area contributed by atoms with Crippen LogP contribution in [-0.2, 0) is 17.6 Å². The number of hydrogen-bond donors (Lipinski definition) is 0. The fraction of sp³-hybridized carbons (Fsp3) is 0.333. The van der Waals surface area contributed by atoms with Gasteiger partial charge in [0.1, 0.15) is 6.54 Å². The van der Waals surface area contributed by atoms with E-state index >= 15 is 0 Å². The first-order valence-corrected chi connectivity index (χ1v) is 13.1. The maximum Gasteiger partial charge on any atom is 0.254 e. The molecule has 3 aromatic rings. The Hall–Kier alpha value is -2.34. The van der Waals surface area contributed by atoms with Gasteiger partial charge in [0.05, 0.1) is 6.04 Å². The SMILES string of the molecule is CCc1ccc(C(=O)N(CC(=O)N2CCc3sccc3C2c2ccc(Cl)cc2Cl)C(C)C)cc1. The summed E-state index contributed by atoms with van der Waals surface area (Å²) in [7, 11) is 0. The molecule has 1 unspecified atom stereocenters. The van der Waals surface area contributed by atoms with Crippen molar-refractivity contribution in [2.24, 2.45) is 0 Å². The van der Waals surface area contributed by atoms with Crippen molar-refractivity contribution in [2.75, 3.05) is 13.1 Å². The molecule has 4 nitrogen and oxygen atoms in total. The molecule has 2 amide bonds. The van der Waals surface area contributed by atoms with Gasteiger partial charge in [-0.05, 0) is 79.1 Å². The maximum atomic E-state index is 13.7. The van der Waals surface area contributed by atoms with Crippen LogP contribution in [0.1, 0.15) is 58.7 Å². The number of aryl methyl sites for hydroxylation is 1. The molecule has 0 N–H and O–H groups in total. The molecule has 0 bridgehead atoms. The summed E-state index contributed by atoms with van der Waals surface area (Å²) in [6.07, 6.45) is 1.70. The second kappa shape index (κ2) is 10.5. The van der Waals surface area contributed by atoms with Gasteiger partial charge < -0.3 is 9.80 Å². The van der Waals surface area contributed by atoms with E-state index in [4.69, 9.17) is 23.2 Å². The summed E-state index contributed by atoms with van der Waals surface area (Å²) in [6, 6.07) is 14.7. The number of amides is 2. The van der Waals surface area contributed by atoms with Gasteiger partial charge in [0.15, 0.2) is 0 Å². The number of halogens is 2. The number of carbonyl (C=O) groups is 2. The van der Waals surface area contributed by atoms with Crippen molar-refractivity contribution in [3.8, 4) is 0 Å². The van der Waals surface area contributed by atoms with Crippen molar-refractivity contribution in [2.45, 2.75) is 45.7 Å². The average molecular weight is 516 g/mol. The first-order chi connectivity index (χ1) is 16.3. The zero-order chi connectivity index (χ0) is 24.4. The molecule has 0 saturated heterocycles. The van der Waals surface area contributed by atoms with Crippen molar-refractivity contribution >= 4 is 46.4 Å². The highest BCUT2D eigenvalue weighted by atomic mass is 35.5. The van der Waals surface area contributed by atoms with Gasteiger partial charge >= 0.3 is 0 Å². The lowest BCUT2D eigenvalue weighted by atomic mass is 9.93. The quantitative estimate of drug-likeness (QED) is 0.369. The smallest absolute Gasteiger partial charge is 0.254 e. The van der Waals surface area contributed by atoms with E-state index in [1.807, 2.05) is 49.1 Å². The minimum absolute atomic E-state index is 0.00715. The number of benzene rings is 2. The van der Waals surface area contributed by atoms with E-state index in [0.29, 0.717) is 22.2 Å². The van der Waals surface area contributed by atoms with Crippen LogP contribution in [0.5, 0.6) is 0 Å². The topological polar surface area (TPSA) is 40.6 Å². The highest BCUT2D eigenvalue weighted by molar-refractivity contribution is 7.10. The summed E-state index contributed by atoms with van der Waals surface area (Å²) in [4.78, 5) is 31.8. The van der Waals surface area contributed by atoms with E-state index in [1.165, 1.54) is 10.4 Å². The second-order valence-corrected chi connectivity index (χ2v) is 10.6. The van der Waals surface area contributed by atoms with Crippen molar-refractivity contribution < 1.29 is 9.59 Å². The fourth-order valence-electron chi connectivity index (χ4n) is 4.42. The van der Waals surface area contributed by atoms with Crippen LogP contribution < -0.4 is 0 Å². The third-order valence-electron chi connectivity index (χ3n) is 6.34. The molecule has 0 spiro atoms. The standard InChI is InChI=1S/C27H28Cl2N2O2S/c1-4-18-5-7-19(8-6-18)27(33)31(17(2)3)16-25(32)30-13-11-24-22(12-14-34-24)26(30)21-10-9-20(28)15-23(21)29/h5-10,12,14-15,17,26H,4,11,13,16H2,1-3H3. The Morgan fingerprint density at radius 3 is 2.47 bits per heavy atom. The van der Waals surface area contributed by atoms with Crippen LogP contribution in [0.15, 0.2) is 53.9 Å². The molecule has 2 heterocycles. The molecule has 4 rings (SSSR count). The van der Waals surface area contributed by atoms with E-state index < -0.39 is 0 Å². The van der Waals surface area contributed by atoms with Gasteiger partial charge in [-0.2, -0.15) is 0 Å². The first-order valence-electron chi connectivity index (χ1n) is 11.5. The first kappa shape index (κ1) is 24.8. The van der Waals surface area contributed by atoms with Crippen molar-refractivity contribution in [1.29, 1.82) is 0 Å². The number of rotatable bonds is 6. The van der Waals surface area contributed by atoms with E-state index in [2.05, 4.69) is 18.4 Å². The van der Waals surface area contributed by atoms with E-state index in [1.54, 1.807) is 28.4 Å². The van der Waals surface area contributed by atoms with Crippen molar-refractivity contribution in [3.63, 3.8) is 0 Å². The fourth-order valence-corrected chi connectivity index (χ4v) is 5.83. The lowest BCUT2D eigenvalue weighted by Gasteiger charge is -2.38. The summed E-state index contributed by atoms with van der Waals surface area (Å²) < 4.78 is 0. The predicted molar refractivity (Wildman–Crippen MR) is 140 cm³/mol. The lowest BCUT2D eigenvalue weighted by Crippen LogP contribution is -2.48. The minimum Gasteiger partial charge on any atom is -0.330 e. The van der Waals surface area contributed by atoms with Gasteiger partial charge in [-0.15, -0.1) is 11.3 Å². The lowest BCUT2D eigenvalue weighted by molar-refractivity contribution is -0.134. The molecule has 178 valence electrons. The monoisotopic (exact) mass is 514 g/mol. The van der Waals surface area contributed by atoms with Gasteiger partial charge in [-0.25, -0.2) is 0 Å². The van der Waals surface area contributed by atoms with Crippen LogP contribution in [0.4, 0.5) is 0 Å². The number of nitrogens with zero attached hydrogens (tertiary/aromatic N) is 2. The molecule has 2 aromatic carbocycles.